The highest BCUT2D eigenvalue weighted by Crippen LogP contribution is 2.40. The highest BCUT2D eigenvalue weighted by molar-refractivity contribution is 5.15. The fourth-order valence-electron chi connectivity index (χ4n) is 3.25. The second kappa shape index (κ2) is 6.55. The fraction of sp³-hybridized carbons (Fsp3) is 0.867. The molecule has 0 aromatic rings. The minimum Gasteiger partial charge on any atom is -0.396 e. The van der Waals surface area contributed by atoms with E-state index < -0.39 is 0 Å². The molecule has 0 spiro atoms. The van der Waals surface area contributed by atoms with Gasteiger partial charge in [0, 0.05) is 6.61 Å². The minimum atomic E-state index is -0.263. The molecule has 0 heterocycles. The maximum absolute atomic E-state index is 10.1. The third kappa shape index (κ3) is 3.56. The van der Waals surface area contributed by atoms with E-state index in [0.717, 1.165) is 25.7 Å². The number of hydrogen-bond acceptors (Lipinski definition) is 2. The molecule has 4 unspecified atom stereocenters. The number of rotatable bonds is 5. The van der Waals surface area contributed by atoms with Crippen LogP contribution in [-0.2, 0) is 0 Å². The van der Waals surface area contributed by atoms with Crippen molar-refractivity contribution in [3.63, 3.8) is 0 Å². The van der Waals surface area contributed by atoms with Crippen LogP contribution in [-0.4, -0.2) is 22.9 Å². The quantitative estimate of drug-likeness (QED) is 0.725. The molecule has 1 aliphatic carbocycles. The summed E-state index contributed by atoms with van der Waals surface area (Å²) in [7, 11) is 0. The summed E-state index contributed by atoms with van der Waals surface area (Å²) >= 11 is 0. The van der Waals surface area contributed by atoms with Crippen LogP contribution in [0.3, 0.4) is 0 Å². The van der Waals surface area contributed by atoms with E-state index in [-0.39, 0.29) is 18.6 Å². The lowest BCUT2D eigenvalue weighted by molar-refractivity contribution is 0.0316. The molecule has 2 nitrogen and oxygen atoms in total. The van der Waals surface area contributed by atoms with Gasteiger partial charge in [-0.3, -0.25) is 0 Å². The zero-order valence-electron chi connectivity index (χ0n) is 11.7. The van der Waals surface area contributed by atoms with Crippen LogP contribution >= 0.6 is 0 Å². The standard InChI is InChI=1S/C15H28O2/c1-5-15(17)13(6-7-16)14-9-11(3)10(2)8-12(14)4/h12-17H,5-9H2,1-4H3. The van der Waals surface area contributed by atoms with Gasteiger partial charge in [0.15, 0.2) is 0 Å². The van der Waals surface area contributed by atoms with E-state index in [4.69, 9.17) is 0 Å². The molecule has 1 rings (SSSR count). The summed E-state index contributed by atoms with van der Waals surface area (Å²) in [6.45, 7) is 8.93. The second-order valence-corrected chi connectivity index (χ2v) is 5.76. The Hall–Kier alpha value is -0.340. The average Bonchev–Trinajstić information content (AvgIpc) is 2.30. The van der Waals surface area contributed by atoms with Gasteiger partial charge in [-0.05, 0) is 57.3 Å². The molecule has 0 saturated heterocycles. The average molecular weight is 240 g/mol. The summed E-state index contributed by atoms with van der Waals surface area (Å²) in [5, 5.41) is 19.3. The van der Waals surface area contributed by atoms with Crippen molar-refractivity contribution in [1.82, 2.24) is 0 Å². The monoisotopic (exact) mass is 240 g/mol. The van der Waals surface area contributed by atoms with Crippen molar-refractivity contribution in [2.24, 2.45) is 17.8 Å². The number of hydrogen-bond donors (Lipinski definition) is 2. The Kier molecular flexibility index (Phi) is 5.68. The molecule has 17 heavy (non-hydrogen) atoms. The molecule has 0 radical (unpaired) electrons. The van der Waals surface area contributed by atoms with E-state index in [1.165, 1.54) is 11.1 Å². The van der Waals surface area contributed by atoms with Gasteiger partial charge in [0.1, 0.15) is 0 Å². The van der Waals surface area contributed by atoms with E-state index in [2.05, 4.69) is 20.8 Å². The van der Waals surface area contributed by atoms with Crippen LogP contribution in [0.2, 0.25) is 0 Å². The third-order valence-electron chi connectivity index (χ3n) is 4.55. The Labute approximate surface area is 106 Å². The van der Waals surface area contributed by atoms with Crippen molar-refractivity contribution in [3.8, 4) is 0 Å². The number of allylic oxidation sites excluding steroid dienone is 2. The Morgan fingerprint density at radius 2 is 1.82 bits per heavy atom. The summed E-state index contributed by atoms with van der Waals surface area (Å²) in [5.74, 6) is 1.40. The zero-order chi connectivity index (χ0) is 13.0. The first-order valence-corrected chi connectivity index (χ1v) is 6.95. The van der Waals surface area contributed by atoms with Crippen molar-refractivity contribution >= 4 is 0 Å². The summed E-state index contributed by atoms with van der Waals surface area (Å²) in [6.07, 6.45) is 3.50. The lowest BCUT2D eigenvalue weighted by atomic mass is 9.68. The van der Waals surface area contributed by atoms with E-state index in [1.54, 1.807) is 0 Å². The van der Waals surface area contributed by atoms with Crippen LogP contribution in [0, 0.1) is 17.8 Å². The molecular weight excluding hydrogens is 212 g/mol. The van der Waals surface area contributed by atoms with Gasteiger partial charge in [0.2, 0.25) is 0 Å². The Morgan fingerprint density at radius 3 is 2.35 bits per heavy atom. The largest absolute Gasteiger partial charge is 0.396 e. The Balaban J connectivity index is 2.80. The van der Waals surface area contributed by atoms with Crippen LogP contribution in [0.25, 0.3) is 0 Å². The van der Waals surface area contributed by atoms with E-state index >= 15 is 0 Å². The molecule has 0 aromatic carbocycles. The summed E-state index contributed by atoms with van der Waals surface area (Å²) in [5.41, 5.74) is 3.00. The SMILES string of the molecule is CCC(O)C(CCO)C1CC(C)=C(C)CC1C. The second-order valence-electron chi connectivity index (χ2n) is 5.76. The van der Waals surface area contributed by atoms with Crippen molar-refractivity contribution in [2.45, 2.75) is 59.5 Å². The van der Waals surface area contributed by atoms with Crippen molar-refractivity contribution in [2.75, 3.05) is 6.61 Å². The molecule has 4 atom stereocenters. The fourth-order valence-corrected chi connectivity index (χ4v) is 3.25. The molecule has 0 amide bonds. The minimum absolute atomic E-state index is 0.187. The van der Waals surface area contributed by atoms with Gasteiger partial charge < -0.3 is 10.2 Å². The molecule has 2 N–H and O–H groups in total. The highest BCUT2D eigenvalue weighted by Gasteiger charge is 2.33. The molecular formula is C15H28O2. The summed E-state index contributed by atoms with van der Waals surface area (Å²) < 4.78 is 0. The molecule has 2 heteroatoms. The van der Waals surface area contributed by atoms with Crippen molar-refractivity contribution in [3.05, 3.63) is 11.1 Å². The molecule has 100 valence electrons. The van der Waals surface area contributed by atoms with Gasteiger partial charge in [-0.15, -0.1) is 0 Å². The van der Waals surface area contributed by atoms with Crippen LogP contribution in [0.1, 0.15) is 53.4 Å². The van der Waals surface area contributed by atoms with Crippen molar-refractivity contribution in [1.29, 1.82) is 0 Å². The zero-order valence-corrected chi connectivity index (χ0v) is 11.7. The first-order chi connectivity index (χ1) is 8.01. The predicted molar refractivity (Wildman–Crippen MR) is 71.8 cm³/mol. The molecule has 0 fully saturated rings. The Morgan fingerprint density at radius 1 is 1.24 bits per heavy atom. The van der Waals surface area contributed by atoms with Gasteiger partial charge in [-0.1, -0.05) is 25.0 Å². The van der Waals surface area contributed by atoms with Gasteiger partial charge in [-0.25, -0.2) is 0 Å². The first-order valence-electron chi connectivity index (χ1n) is 6.95. The molecule has 1 aliphatic rings. The van der Waals surface area contributed by atoms with E-state index in [0.29, 0.717) is 11.8 Å². The summed E-state index contributed by atoms with van der Waals surface area (Å²) in [6, 6.07) is 0. The normalized spacial score (nSPS) is 29.3. The third-order valence-corrected chi connectivity index (χ3v) is 4.55. The van der Waals surface area contributed by atoms with Gasteiger partial charge >= 0.3 is 0 Å². The lowest BCUT2D eigenvalue weighted by Crippen LogP contribution is -2.34. The Bertz CT molecular complexity index is 270. The van der Waals surface area contributed by atoms with Crippen LogP contribution in [0.5, 0.6) is 0 Å². The van der Waals surface area contributed by atoms with E-state index in [1.807, 2.05) is 6.92 Å². The molecule has 0 aromatic heterocycles. The number of aliphatic hydroxyl groups is 2. The summed E-state index contributed by atoms with van der Waals surface area (Å²) in [4.78, 5) is 0. The smallest absolute Gasteiger partial charge is 0.0569 e. The molecule has 0 aliphatic heterocycles. The maximum atomic E-state index is 10.1. The van der Waals surface area contributed by atoms with E-state index in [9.17, 15) is 10.2 Å². The lowest BCUT2D eigenvalue weighted by Gasteiger charge is -2.38. The van der Waals surface area contributed by atoms with Crippen LogP contribution < -0.4 is 0 Å². The van der Waals surface area contributed by atoms with Gasteiger partial charge in [0.05, 0.1) is 6.10 Å². The number of aliphatic hydroxyl groups excluding tert-OH is 2. The molecule has 0 bridgehead atoms. The van der Waals surface area contributed by atoms with Gasteiger partial charge in [0.25, 0.3) is 0 Å². The maximum Gasteiger partial charge on any atom is 0.0569 e. The van der Waals surface area contributed by atoms with Crippen LogP contribution in [0.4, 0.5) is 0 Å². The first kappa shape index (κ1) is 14.7. The highest BCUT2D eigenvalue weighted by atomic mass is 16.3. The van der Waals surface area contributed by atoms with Gasteiger partial charge in [-0.2, -0.15) is 0 Å². The molecule has 0 saturated carbocycles. The topological polar surface area (TPSA) is 40.5 Å². The van der Waals surface area contributed by atoms with Crippen LogP contribution in [0.15, 0.2) is 11.1 Å². The predicted octanol–water partition coefficient (Wildman–Crippen LogP) is 3.14. The van der Waals surface area contributed by atoms with Crippen molar-refractivity contribution < 1.29 is 10.2 Å².